The Labute approximate surface area is 185 Å². The Hall–Kier alpha value is -4.06. The average Bonchev–Trinajstić information content (AvgIpc) is 2.82. The molecule has 0 radical (unpaired) electrons. The van der Waals surface area contributed by atoms with E-state index in [1.54, 1.807) is 17.0 Å². The van der Waals surface area contributed by atoms with E-state index in [4.69, 9.17) is 0 Å². The third-order valence-corrected chi connectivity index (χ3v) is 5.11. The predicted octanol–water partition coefficient (Wildman–Crippen LogP) is 4.28. The maximum atomic E-state index is 13.2. The fourth-order valence-electron chi connectivity index (χ4n) is 3.41. The van der Waals surface area contributed by atoms with Gasteiger partial charge in [-0.05, 0) is 35.4 Å². The van der Waals surface area contributed by atoms with Crippen molar-refractivity contribution in [1.29, 1.82) is 0 Å². The van der Waals surface area contributed by atoms with Crippen molar-refractivity contribution in [2.75, 3.05) is 0 Å². The molecule has 1 amide bonds. The SMILES string of the molecule is O=C(Cn1cnc(-c2ccc(F)cc2)cc1=O)N(Cc1ccccc1)Cc1ccccc1. The minimum Gasteiger partial charge on any atom is -0.332 e. The third-order valence-electron chi connectivity index (χ3n) is 5.11. The van der Waals surface area contributed by atoms with Crippen LogP contribution in [0.4, 0.5) is 4.39 Å². The number of hydrogen-bond donors (Lipinski definition) is 0. The molecule has 4 rings (SSSR count). The minimum absolute atomic E-state index is 0.116. The number of nitrogens with zero attached hydrogens (tertiary/aromatic N) is 3. The van der Waals surface area contributed by atoms with E-state index in [1.807, 2.05) is 60.7 Å². The average molecular weight is 427 g/mol. The fourth-order valence-corrected chi connectivity index (χ4v) is 3.41. The zero-order valence-electron chi connectivity index (χ0n) is 17.4. The van der Waals surface area contributed by atoms with Crippen molar-refractivity contribution in [3.05, 3.63) is 125 Å². The minimum atomic E-state index is -0.357. The summed E-state index contributed by atoms with van der Waals surface area (Å²) in [5.74, 6) is -0.541. The molecule has 0 aliphatic heterocycles. The first-order valence-corrected chi connectivity index (χ1v) is 10.3. The van der Waals surface area contributed by atoms with Gasteiger partial charge in [-0.1, -0.05) is 60.7 Å². The zero-order chi connectivity index (χ0) is 22.3. The van der Waals surface area contributed by atoms with Crippen LogP contribution in [-0.4, -0.2) is 20.4 Å². The van der Waals surface area contributed by atoms with Crippen LogP contribution in [0.15, 0.2) is 102 Å². The quantitative estimate of drug-likeness (QED) is 0.442. The van der Waals surface area contributed by atoms with Gasteiger partial charge in [0.05, 0.1) is 12.0 Å². The van der Waals surface area contributed by atoms with Crippen molar-refractivity contribution in [3.8, 4) is 11.3 Å². The first kappa shape index (κ1) is 21.2. The smallest absolute Gasteiger partial charge is 0.254 e. The highest BCUT2D eigenvalue weighted by molar-refractivity contribution is 5.76. The van der Waals surface area contributed by atoms with Crippen molar-refractivity contribution in [3.63, 3.8) is 0 Å². The number of halogens is 1. The summed E-state index contributed by atoms with van der Waals surface area (Å²) in [6.07, 6.45) is 1.36. The van der Waals surface area contributed by atoms with Gasteiger partial charge < -0.3 is 4.90 Å². The molecule has 0 fully saturated rings. The molecule has 0 aliphatic rings. The lowest BCUT2D eigenvalue weighted by Gasteiger charge is -2.23. The van der Waals surface area contributed by atoms with Crippen LogP contribution in [0.1, 0.15) is 11.1 Å². The molecule has 1 aromatic heterocycles. The van der Waals surface area contributed by atoms with Gasteiger partial charge in [-0.25, -0.2) is 9.37 Å². The number of amides is 1. The Morgan fingerprint density at radius 3 is 1.94 bits per heavy atom. The van der Waals surface area contributed by atoms with Gasteiger partial charge in [0.1, 0.15) is 12.4 Å². The van der Waals surface area contributed by atoms with E-state index in [-0.39, 0.29) is 23.8 Å². The molecule has 0 bridgehead atoms. The maximum absolute atomic E-state index is 13.2. The molecule has 0 aliphatic carbocycles. The van der Waals surface area contributed by atoms with Crippen LogP contribution < -0.4 is 5.56 Å². The Kier molecular flexibility index (Phi) is 6.51. The van der Waals surface area contributed by atoms with Crippen LogP contribution in [0.25, 0.3) is 11.3 Å². The summed E-state index contributed by atoms with van der Waals surface area (Å²) >= 11 is 0. The van der Waals surface area contributed by atoms with Crippen LogP contribution in [0.3, 0.4) is 0 Å². The van der Waals surface area contributed by atoms with Crippen LogP contribution >= 0.6 is 0 Å². The molecule has 0 spiro atoms. The molecular weight excluding hydrogens is 405 g/mol. The molecule has 0 saturated heterocycles. The van der Waals surface area contributed by atoms with Crippen molar-refractivity contribution < 1.29 is 9.18 Å². The van der Waals surface area contributed by atoms with E-state index < -0.39 is 0 Å². The van der Waals surface area contributed by atoms with E-state index in [1.165, 1.54) is 29.1 Å². The van der Waals surface area contributed by atoms with E-state index in [9.17, 15) is 14.0 Å². The van der Waals surface area contributed by atoms with E-state index >= 15 is 0 Å². The summed E-state index contributed by atoms with van der Waals surface area (Å²) in [5.41, 5.74) is 2.75. The van der Waals surface area contributed by atoms with Gasteiger partial charge in [0.2, 0.25) is 5.91 Å². The Morgan fingerprint density at radius 2 is 1.41 bits per heavy atom. The second kappa shape index (κ2) is 9.83. The highest BCUT2D eigenvalue weighted by Crippen LogP contribution is 2.15. The molecular formula is C26H22FN3O2. The first-order valence-electron chi connectivity index (χ1n) is 10.3. The largest absolute Gasteiger partial charge is 0.332 e. The van der Waals surface area contributed by atoms with Gasteiger partial charge in [0.25, 0.3) is 5.56 Å². The Morgan fingerprint density at radius 1 is 0.844 bits per heavy atom. The Bertz CT molecular complexity index is 1200. The van der Waals surface area contributed by atoms with E-state index in [0.29, 0.717) is 24.3 Å². The monoisotopic (exact) mass is 427 g/mol. The summed E-state index contributed by atoms with van der Waals surface area (Å²) in [4.78, 5) is 31.8. The lowest BCUT2D eigenvalue weighted by Crippen LogP contribution is -2.35. The van der Waals surface area contributed by atoms with Gasteiger partial charge in [-0.2, -0.15) is 0 Å². The molecule has 0 unspecified atom stereocenters. The summed E-state index contributed by atoms with van der Waals surface area (Å²) in [6.45, 7) is 0.754. The number of rotatable bonds is 7. The second-order valence-electron chi connectivity index (χ2n) is 7.47. The fraction of sp³-hybridized carbons (Fsp3) is 0.115. The highest BCUT2D eigenvalue weighted by atomic mass is 19.1. The molecule has 5 nitrogen and oxygen atoms in total. The molecule has 0 atom stereocenters. The Balaban J connectivity index is 1.54. The van der Waals surface area contributed by atoms with Crippen LogP contribution in [0, 0.1) is 5.82 Å². The van der Waals surface area contributed by atoms with Crippen molar-refractivity contribution in [2.45, 2.75) is 19.6 Å². The predicted molar refractivity (Wildman–Crippen MR) is 121 cm³/mol. The third kappa shape index (κ3) is 5.35. The number of carbonyl (C=O) groups excluding carboxylic acids is 1. The molecule has 0 saturated carbocycles. The molecule has 1 heterocycles. The second-order valence-corrected chi connectivity index (χ2v) is 7.47. The molecule has 32 heavy (non-hydrogen) atoms. The summed E-state index contributed by atoms with van der Waals surface area (Å²) in [7, 11) is 0. The van der Waals surface area contributed by atoms with Gasteiger partial charge in [0, 0.05) is 24.7 Å². The number of hydrogen-bond acceptors (Lipinski definition) is 3. The molecule has 0 N–H and O–H groups in total. The van der Waals surface area contributed by atoms with E-state index in [0.717, 1.165) is 11.1 Å². The lowest BCUT2D eigenvalue weighted by molar-refractivity contribution is -0.133. The maximum Gasteiger partial charge on any atom is 0.254 e. The van der Waals surface area contributed by atoms with Crippen molar-refractivity contribution in [2.24, 2.45) is 0 Å². The van der Waals surface area contributed by atoms with Crippen LogP contribution in [0.5, 0.6) is 0 Å². The highest BCUT2D eigenvalue weighted by Gasteiger charge is 2.16. The lowest BCUT2D eigenvalue weighted by atomic mass is 10.1. The van der Waals surface area contributed by atoms with E-state index in [2.05, 4.69) is 4.98 Å². The van der Waals surface area contributed by atoms with Crippen molar-refractivity contribution in [1.82, 2.24) is 14.5 Å². The van der Waals surface area contributed by atoms with Crippen LogP contribution in [0.2, 0.25) is 0 Å². The summed E-state index contributed by atoms with van der Waals surface area (Å²) in [5, 5.41) is 0. The number of benzene rings is 3. The topological polar surface area (TPSA) is 55.2 Å². The number of aromatic nitrogens is 2. The molecule has 160 valence electrons. The summed E-state index contributed by atoms with van der Waals surface area (Å²) in [6, 6.07) is 26.6. The van der Waals surface area contributed by atoms with Gasteiger partial charge >= 0.3 is 0 Å². The van der Waals surface area contributed by atoms with Gasteiger partial charge in [0.15, 0.2) is 0 Å². The van der Waals surface area contributed by atoms with Crippen LogP contribution in [-0.2, 0) is 24.4 Å². The standard InChI is InChI=1S/C26H22FN3O2/c27-23-13-11-22(12-14-23)24-15-25(31)30(19-28-24)18-26(32)29(16-20-7-3-1-4-8-20)17-21-9-5-2-6-10-21/h1-15,19H,16-18H2. The zero-order valence-corrected chi connectivity index (χ0v) is 17.4. The summed E-state index contributed by atoms with van der Waals surface area (Å²) < 4.78 is 14.4. The van der Waals surface area contributed by atoms with Crippen molar-refractivity contribution >= 4 is 5.91 Å². The number of carbonyl (C=O) groups is 1. The first-order chi connectivity index (χ1) is 15.6. The normalized spacial score (nSPS) is 10.7. The molecule has 6 heteroatoms. The van der Waals surface area contributed by atoms with Gasteiger partial charge in [-0.3, -0.25) is 14.2 Å². The van der Waals surface area contributed by atoms with Gasteiger partial charge in [-0.15, -0.1) is 0 Å². The molecule has 3 aromatic carbocycles. The molecule has 4 aromatic rings.